The van der Waals surface area contributed by atoms with E-state index >= 15 is 0 Å². The highest BCUT2D eigenvalue weighted by molar-refractivity contribution is 5.31. The van der Waals surface area contributed by atoms with Gasteiger partial charge in [0.25, 0.3) is 0 Å². The van der Waals surface area contributed by atoms with Crippen molar-refractivity contribution in [1.82, 2.24) is 4.90 Å². The van der Waals surface area contributed by atoms with Gasteiger partial charge in [-0.3, -0.25) is 4.90 Å². The first kappa shape index (κ1) is 16.3. The molecule has 1 N–H and O–H groups in total. The van der Waals surface area contributed by atoms with Crippen LogP contribution >= 0.6 is 0 Å². The lowest BCUT2D eigenvalue weighted by Gasteiger charge is -2.28. The third-order valence-electron chi connectivity index (χ3n) is 3.74. The van der Waals surface area contributed by atoms with Crippen molar-refractivity contribution >= 4 is 0 Å². The van der Waals surface area contributed by atoms with E-state index in [4.69, 9.17) is 9.47 Å². The van der Waals surface area contributed by atoms with Crippen LogP contribution in [0.1, 0.15) is 26.3 Å². The summed E-state index contributed by atoms with van der Waals surface area (Å²) in [5.74, 6) is 0.809. The second kappa shape index (κ2) is 7.25. The fraction of sp³-hybridized carbons (Fsp3) is 0.647. The highest BCUT2D eigenvalue weighted by atomic mass is 16.5. The molecule has 1 aromatic rings. The van der Waals surface area contributed by atoms with E-state index < -0.39 is 6.10 Å². The lowest BCUT2D eigenvalue weighted by atomic mass is 9.87. The van der Waals surface area contributed by atoms with Gasteiger partial charge < -0.3 is 14.6 Å². The monoisotopic (exact) mass is 293 g/mol. The number of nitrogens with zero attached hydrogens (tertiary/aromatic N) is 1. The summed E-state index contributed by atoms with van der Waals surface area (Å²) in [6.45, 7) is 10.8. The Hall–Kier alpha value is -1.10. The summed E-state index contributed by atoms with van der Waals surface area (Å²) in [7, 11) is 0. The van der Waals surface area contributed by atoms with Crippen LogP contribution in [0, 0.1) is 0 Å². The first-order chi connectivity index (χ1) is 9.95. The molecule has 4 heteroatoms. The molecule has 0 bridgehead atoms. The van der Waals surface area contributed by atoms with Gasteiger partial charge in [-0.2, -0.15) is 0 Å². The first-order valence-electron chi connectivity index (χ1n) is 7.66. The number of rotatable bonds is 5. The molecule has 0 aliphatic carbocycles. The van der Waals surface area contributed by atoms with Gasteiger partial charge in [-0.05, 0) is 23.1 Å². The summed E-state index contributed by atoms with van der Waals surface area (Å²) < 4.78 is 11.0. The Labute approximate surface area is 127 Å². The molecule has 1 fully saturated rings. The van der Waals surface area contributed by atoms with Gasteiger partial charge in [-0.25, -0.2) is 0 Å². The van der Waals surface area contributed by atoms with Crippen molar-refractivity contribution in [2.45, 2.75) is 32.3 Å². The molecule has 1 heterocycles. The van der Waals surface area contributed by atoms with Gasteiger partial charge in [0.1, 0.15) is 18.5 Å². The topological polar surface area (TPSA) is 41.9 Å². The summed E-state index contributed by atoms with van der Waals surface area (Å²) in [4.78, 5) is 2.21. The van der Waals surface area contributed by atoms with Gasteiger partial charge in [0.2, 0.25) is 0 Å². The lowest BCUT2D eigenvalue weighted by molar-refractivity contribution is 0.00465. The molecule has 0 aromatic heterocycles. The molecular formula is C17H27NO3. The highest BCUT2D eigenvalue weighted by Gasteiger charge is 2.16. The van der Waals surface area contributed by atoms with E-state index in [1.54, 1.807) is 0 Å². The number of hydrogen-bond acceptors (Lipinski definition) is 4. The standard InChI is InChI=1S/C17H27NO3/c1-17(2,3)14-4-6-16(7-5-14)21-13-15(19)12-18-8-10-20-11-9-18/h4-7,15,19H,8-13H2,1-3H3/t15-/m1/s1. The van der Waals surface area contributed by atoms with Crippen molar-refractivity contribution in [3.05, 3.63) is 29.8 Å². The minimum absolute atomic E-state index is 0.147. The largest absolute Gasteiger partial charge is 0.491 e. The molecule has 0 unspecified atom stereocenters. The number of aliphatic hydroxyl groups is 1. The summed E-state index contributed by atoms with van der Waals surface area (Å²) in [6.07, 6.45) is -0.467. The number of hydrogen-bond donors (Lipinski definition) is 1. The van der Waals surface area contributed by atoms with Crippen LogP contribution in [-0.2, 0) is 10.2 Å². The molecule has 0 spiro atoms. The van der Waals surface area contributed by atoms with E-state index in [0.29, 0.717) is 13.2 Å². The highest BCUT2D eigenvalue weighted by Crippen LogP contribution is 2.24. The Morgan fingerprint density at radius 2 is 1.81 bits per heavy atom. The Morgan fingerprint density at radius 3 is 2.38 bits per heavy atom. The minimum Gasteiger partial charge on any atom is -0.491 e. The van der Waals surface area contributed by atoms with Gasteiger partial charge >= 0.3 is 0 Å². The molecule has 118 valence electrons. The van der Waals surface area contributed by atoms with E-state index in [9.17, 15) is 5.11 Å². The molecular weight excluding hydrogens is 266 g/mol. The molecule has 1 atom stereocenters. The molecule has 4 nitrogen and oxygen atoms in total. The van der Waals surface area contributed by atoms with E-state index in [0.717, 1.165) is 32.1 Å². The lowest BCUT2D eigenvalue weighted by Crippen LogP contribution is -2.42. The van der Waals surface area contributed by atoms with Crippen LogP contribution in [0.25, 0.3) is 0 Å². The van der Waals surface area contributed by atoms with Crippen molar-refractivity contribution in [3.63, 3.8) is 0 Å². The first-order valence-corrected chi connectivity index (χ1v) is 7.66. The molecule has 1 aromatic carbocycles. The van der Waals surface area contributed by atoms with Crippen LogP contribution in [0.2, 0.25) is 0 Å². The number of β-amino-alcohol motifs (C(OH)–C–C–N with tert-alkyl or cyclic N) is 1. The third kappa shape index (κ3) is 5.30. The molecule has 0 amide bonds. The molecule has 1 aliphatic heterocycles. The van der Waals surface area contributed by atoms with Gasteiger partial charge in [0.15, 0.2) is 0 Å². The smallest absolute Gasteiger partial charge is 0.119 e. The third-order valence-corrected chi connectivity index (χ3v) is 3.74. The fourth-order valence-corrected chi connectivity index (χ4v) is 2.38. The Balaban J connectivity index is 1.76. The summed E-state index contributed by atoms with van der Waals surface area (Å²) in [5, 5.41) is 10.0. The van der Waals surface area contributed by atoms with Crippen LogP contribution in [-0.4, -0.2) is 55.6 Å². The second-order valence-electron chi connectivity index (χ2n) is 6.65. The average Bonchev–Trinajstić information content (AvgIpc) is 2.46. The van der Waals surface area contributed by atoms with E-state index in [1.807, 2.05) is 12.1 Å². The van der Waals surface area contributed by atoms with Crippen molar-refractivity contribution in [2.24, 2.45) is 0 Å². The van der Waals surface area contributed by atoms with Crippen molar-refractivity contribution in [2.75, 3.05) is 39.5 Å². The van der Waals surface area contributed by atoms with Crippen LogP contribution < -0.4 is 4.74 Å². The summed E-state index contributed by atoms with van der Waals surface area (Å²) >= 11 is 0. The Kier molecular flexibility index (Phi) is 5.62. The summed E-state index contributed by atoms with van der Waals surface area (Å²) in [5.41, 5.74) is 1.43. The van der Waals surface area contributed by atoms with E-state index in [-0.39, 0.29) is 5.41 Å². The molecule has 2 rings (SSSR count). The van der Waals surface area contributed by atoms with Crippen molar-refractivity contribution in [1.29, 1.82) is 0 Å². The van der Waals surface area contributed by atoms with Crippen LogP contribution in [0.4, 0.5) is 0 Å². The van der Waals surface area contributed by atoms with Crippen LogP contribution in [0.3, 0.4) is 0 Å². The van der Waals surface area contributed by atoms with E-state index in [2.05, 4.69) is 37.8 Å². The maximum Gasteiger partial charge on any atom is 0.119 e. The molecule has 1 saturated heterocycles. The predicted molar refractivity (Wildman–Crippen MR) is 83.9 cm³/mol. The zero-order valence-corrected chi connectivity index (χ0v) is 13.3. The van der Waals surface area contributed by atoms with Crippen molar-refractivity contribution in [3.8, 4) is 5.75 Å². The van der Waals surface area contributed by atoms with Gasteiger partial charge in [-0.15, -0.1) is 0 Å². The fourth-order valence-electron chi connectivity index (χ4n) is 2.38. The van der Waals surface area contributed by atoms with E-state index in [1.165, 1.54) is 5.56 Å². The van der Waals surface area contributed by atoms with Gasteiger partial charge in [-0.1, -0.05) is 32.9 Å². The van der Waals surface area contributed by atoms with Crippen LogP contribution in [0.15, 0.2) is 24.3 Å². The Morgan fingerprint density at radius 1 is 1.19 bits per heavy atom. The number of ether oxygens (including phenoxy) is 2. The van der Waals surface area contributed by atoms with Crippen molar-refractivity contribution < 1.29 is 14.6 Å². The minimum atomic E-state index is -0.467. The number of benzene rings is 1. The average molecular weight is 293 g/mol. The normalized spacial score (nSPS) is 18.5. The Bertz CT molecular complexity index is 419. The van der Waals surface area contributed by atoms with Gasteiger partial charge in [0, 0.05) is 19.6 Å². The summed E-state index contributed by atoms with van der Waals surface area (Å²) in [6, 6.07) is 8.12. The zero-order valence-electron chi connectivity index (χ0n) is 13.3. The molecule has 21 heavy (non-hydrogen) atoms. The predicted octanol–water partition coefficient (Wildman–Crippen LogP) is 2.06. The SMILES string of the molecule is CC(C)(C)c1ccc(OC[C@H](O)CN2CCOCC2)cc1. The molecule has 1 aliphatic rings. The molecule has 0 radical (unpaired) electrons. The second-order valence-corrected chi connectivity index (χ2v) is 6.65. The maximum atomic E-state index is 10.0. The number of morpholine rings is 1. The molecule has 0 saturated carbocycles. The van der Waals surface area contributed by atoms with Crippen LogP contribution in [0.5, 0.6) is 5.75 Å². The zero-order chi connectivity index (χ0) is 15.3. The van der Waals surface area contributed by atoms with Gasteiger partial charge in [0.05, 0.1) is 13.2 Å². The quantitative estimate of drug-likeness (QED) is 0.902. The maximum absolute atomic E-state index is 10.0. The number of aliphatic hydroxyl groups excluding tert-OH is 1.